The van der Waals surface area contributed by atoms with Crippen molar-refractivity contribution in [2.24, 2.45) is 0 Å². The summed E-state index contributed by atoms with van der Waals surface area (Å²) in [7, 11) is 0. The van der Waals surface area contributed by atoms with Crippen LogP contribution in [0.4, 0.5) is 4.79 Å². The summed E-state index contributed by atoms with van der Waals surface area (Å²) in [5.41, 5.74) is 0.325. The second-order valence-corrected chi connectivity index (χ2v) is 5.50. The summed E-state index contributed by atoms with van der Waals surface area (Å²) in [6, 6.07) is 9.01. The SMILES string of the molecule is CC(=O)/C=C/C(NC(=O)OC(C)(C)C)c1ccccc1. The molecule has 1 rings (SSSR count). The van der Waals surface area contributed by atoms with E-state index in [4.69, 9.17) is 4.74 Å². The van der Waals surface area contributed by atoms with Crippen LogP contribution < -0.4 is 5.32 Å². The highest BCUT2D eigenvalue weighted by molar-refractivity contribution is 5.87. The van der Waals surface area contributed by atoms with Crippen molar-refractivity contribution in [3.05, 3.63) is 48.0 Å². The molecule has 1 amide bonds. The van der Waals surface area contributed by atoms with E-state index in [1.807, 2.05) is 30.3 Å². The molecule has 1 aromatic rings. The van der Waals surface area contributed by atoms with Crippen molar-refractivity contribution in [3.8, 4) is 0 Å². The minimum atomic E-state index is -0.560. The summed E-state index contributed by atoms with van der Waals surface area (Å²) in [5, 5.41) is 2.75. The van der Waals surface area contributed by atoms with E-state index in [2.05, 4.69) is 5.32 Å². The van der Waals surface area contributed by atoms with Gasteiger partial charge in [-0.1, -0.05) is 36.4 Å². The highest BCUT2D eigenvalue weighted by Gasteiger charge is 2.19. The average molecular weight is 275 g/mol. The van der Waals surface area contributed by atoms with Crippen molar-refractivity contribution < 1.29 is 14.3 Å². The minimum Gasteiger partial charge on any atom is -0.444 e. The Hall–Kier alpha value is -2.10. The Bertz CT molecular complexity index is 486. The summed E-state index contributed by atoms with van der Waals surface area (Å²) in [6.07, 6.45) is 2.58. The molecule has 0 radical (unpaired) electrons. The van der Waals surface area contributed by atoms with Gasteiger partial charge in [0.05, 0.1) is 6.04 Å². The maximum atomic E-state index is 11.8. The van der Waals surface area contributed by atoms with Gasteiger partial charge in [0, 0.05) is 0 Å². The van der Waals surface area contributed by atoms with Crippen LogP contribution in [0, 0.1) is 0 Å². The Balaban J connectivity index is 2.84. The lowest BCUT2D eigenvalue weighted by Crippen LogP contribution is -2.34. The second-order valence-electron chi connectivity index (χ2n) is 5.50. The van der Waals surface area contributed by atoms with Gasteiger partial charge in [-0.2, -0.15) is 0 Å². The van der Waals surface area contributed by atoms with Crippen LogP contribution in [0.2, 0.25) is 0 Å². The van der Waals surface area contributed by atoms with E-state index in [0.29, 0.717) is 0 Å². The third-order valence-electron chi connectivity index (χ3n) is 2.35. The van der Waals surface area contributed by atoms with Gasteiger partial charge >= 0.3 is 6.09 Å². The zero-order valence-corrected chi connectivity index (χ0v) is 12.3. The molecule has 1 atom stereocenters. The van der Waals surface area contributed by atoms with Crippen LogP contribution in [0.1, 0.15) is 39.3 Å². The number of carbonyl (C=O) groups excluding carboxylic acids is 2. The zero-order valence-electron chi connectivity index (χ0n) is 12.3. The van der Waals surface area contributed by atoms with E-state index in [1.165, 1.54) is 13.0 Å². The van der Waals surface area contributed by atoms with Crippen molar-refractivity contribution >= 4 is 11.9 Å². The molecular weight excluding hydrogens is 254 g/mol. The first-order valence-electron chi connectivity index (χ1n) is 6.51. The molecule has 4 heteroatoms. The number of rotatable bonds is 4. The van der Waals surface area contributed by atoms with Gasteiger partial charge in [0.1, 0.15) is 5.60 Å². The van der Waals surface area contributed by atoms with Crippen LogP contribution in [-0.4, -0.2) is 17.5 Å². The molecule has 0 bridgehead atoms. The molecule has 1 aromatic carbocycles. The predicted molar refractivity (Wildman–Crippen MR) is 78.4 cm³/mol. The number of ether oxygens (including phenoxy) is 1. The number of carbonyl (C=O) groups is 2. The Morgan fingerprint density at radius 3 is 2.30 bits per heavy atom. The monoisotopic (exact) mass is 275 g/mol. The van der Waals surface area contributed by atoms with Crippen molar-refractivity contribution in [1.29, 1.82) is 0 Å². The number of nitrogens with one attached hydrogen (secondary N) is 1. The highest BCUT2D eigenvalue weighted by Crippen LogP contribution is 2.15. The third-order valence-corrected chi connectivity index (χ3v) is 2.35. The molecule has 0 aliphatic rings. The molecule has 0 heterocycles. The lowest BCUT2D eigenvalue weighted by Gasteiger charge is -2.22. The Kier molecular flexibility index (Phi) is 5.50. The summed E-state index contributed by atoms with van der Waals surface area (Å²) in [6.45, 7) is 6.87. The van der Waals surface area contributed by atoms with Crippen LogP contribution in [0.25, 0.3) is 0 Å². The van der Waals surface area contributed by atoms with Crippen LogP contribution in [-0.2, 0) is 9.53 Å². The Morgan fingerprint density at radius 2 is 1.80 bits per heavy atom. The summed E-state index contributed by atoms with van der Waals surface area (Å²) >= 11 is 0. The van der Waals surface area contributed by atoms with E-state index in [1.54, 1.807) is 26.8 Å². The molecule has 0 saturated carbocycles. The lowest BCUT2D eigenvalue weighted by atomic mass is 10.1. The standard InChI is InChI=1S/C16H21NO3/c1-12(18)10-11-14(13-8-6-5-7-9-13)17-15(19)20-16(2,3)4/h5-11,14H,1-4H3,(H,17,19)/b11-10+. The molecule has 0 fully saturated rings. The van der Waals surface area contributed by atoms with Gasteiger partial charge in [0.15, 0.2) is 5.78 Å². The van der Waals surface area contributed by atoms with E-state index in [9.17, 15) is 9.59 Å². The molecule has 0 aliphatic heterocycles. The van der Waals surface area contributed by atoms with Gasteiger partial charge < -0.3 is 10.1 Å². The van der Waals surface area contributed by atoms with Crippen molar-refractivity contribution in [3.63, 3.8) is 0 Å². The minimum absolute atomic E-state index is 0.0723. The summed E-state index contributed by atoms with van der Waals surface area (Å²) < 4.78 is 5.23. The van der Waals surface area contributed by atoms with Crippen molar-refractivity contribution in [2.75, 3.05) is 0 Å². The topological polar surface area (TPSA) is 55.4 Å². The Labute approximate surface area is 119 Å². The second kappa shape index (κ2) is 6.89. The molecule has 0 spiro atoms. The third kappa shape index (κ3) is 6.18. The first-order valence-corrected chi connectivity index (χ1v) is 6.51. The molecule has 0 saturated heterocycles. The van der Waals surface area contributed by atoms with E-state index >= 15 is 0 Å². The normalized spacial score (nSPS) is 13.0. The fourth-order valence-corrected chi connectivity index (χ4v) is 1.57. The largest absolute Gasteiger partial charge is 0.444 e. The number of alkyl carbamates (subject to hydrolysis) is 1. The molecule has 1 N–H and O–H groups in total. The van der Waals surface area contributed by atoms with Gasteiger partial charge in [0.25, 0.3) is 0 Å². The number of hydrogen-bond donors (Lipinski definition) is 1. The molecule has 20 heavy (non-hydrogen) atoms. The number of hydrogen-bond acceptors (Lipinski definition) is 3. The van der Waals surface area contributed by atoms with E-state index in [0.717, 1.165) is 5.56 Å². The van der Waals surface area contributed by atoms with E-state index in [-0.39, 0.29) is 5.78 Å². The summed E-state index contributed by atoms with van der Waals surface area (Å²) in [4.78, 5) is 22.9. The quantitative estimate of drug-likeness (QED) is 0.857. The van der Waals surface area contributed by atoms with Crippen LogP contribution in [0.15, 0.2) is 42.5 Å². The maximum absolute atomic E-state index is 11.8. The first-order chi connectivity index (χ1) is 9.28. The molecule has 108 valence electrons. The van der Waals surface area contributed by atoms with Crippen LogP contribution in [0.5, 0.6) is 0 Å². The van der Waals surface area contributed by atoms with Gasteiger partial charge in [0.2, 0.25) is 0 Å². The number of ketones is 1. The molecule has 1 unspecified atom stereocenters. The number of amides is 1. The van der Waals surface area contributed by atoms with Crippen LogP contribution >= 0.6 is 0 Å². The van der Waals surface area contributed by atoms with Crippen molar-refractivity contribution in [1.82, 2.24) is 5.32 Å². The number of benzene rings is 1. The zero-order chi connectivity index (χ0) is 15.2. The van der Waals surface area contributed by atoms with Gasteiger partial charge in [-0.3, -0.25) is 4.79 Å². The average Bonchev–Trinajstić information content (AvgIpc) is 2.33. The van der Waals surface area contributed by atoms with Gasteiger partial charge in [-0.25, -0.2) is 4.79 Å². The van der Waals surface area contributed by atoms with Crippen molar-refractivity contribution in [2.45, 2.75) is 39.3 Å². The fraction of sp³-hybridized carbons (Fsp3) is 0.375. The lowest BCUT2D eigenvalue weighted by molar-refractivity contribution is -0.112. The first kappa shape index (κ1) is 16.0. The molecule has 4 nitrogen and oxygen atoms in total. The van der Waals surface area contributed by atoms with Gasteiger partial charge in [-0.05, 0) is 39.3 Å². The smallest absolute Gasteiger partial charge is 0.408 e. The molecular formula is C16H21NO3. The van der Waals surface area contributed by atoms with E-state index < -0.39 is 17.7 Å². The molecule has 0 aliphatic carbocycles. The fourth-order valence-electron chi connectivity index (χ4n) is 1.57. The highest BCUT2D eigenvalue weighted by atomic mass is 16.6. The predicted octanol–water partition coefficient (Wildman–Crippen LogP) is 3.40. The van der Waals surface area contributed by atoms with Gasteiger partial charge in [-0.15, -0.1) is 0 Å². The maximum Gasteiger partial charge on any atom is 0.408 e. The number of allylic oxidation sites excluding steroid dienone is 1. The Morgan fingerprint density at radius 1 is 1.20 bits per heavy atom. The molecule has 0 aromatic heterocycles. The summed E-state index contributed by atoms with van der Waals surface area (Å²) in [5.74, 6) is -0.0723. The van der Waals surface area contributed by atoms with Crippen LogP contribution in [0.3, 0.4) is 0 Å².